The molecule has 0 N–H and O–H groups in total. The molecule has 1 aromatic carbocycles. The van der Waals surface area contributed by atoms with Crippen LogP contribution in [0.4, 0.5) is 0 Å². The highest BCUT2D eigenvalue weighted by molar-refractivity contribution is 5.91. The lowest BCUT2D eigenvalue weighted by Gasteiger charge is -2.35. The van der Waals surface area contributed by atoms with Gasteiger partial charge in [0.25, 0.3) is 11.8 Å². The minimum absolute atomic E-state index is 0.0620. The molecule has 2 amide bonds. The van der Waals surface area contributed by atoms with Gasteiger partial charge < -0.3 is 19.0 Å². The lowest BCUT2D eigenvalue weighted by molar-refractivity contribution is -0.139. The van der Waals surface area contributed by atoms with Gasteiger partial charge in [-0.3, -0.25) is 9.59 Å². The van der Waals surface area contributed by atoms with Gasteiger partial charge in [0.05, 0.1) is 6.26 Å². The summed E-state index contributed by atoms with van der Waals surface area (Å²) in [5, 5.41) is 0. The smallest absolute Gasteiger partial charge is 0.289 e. The molecular weight excluding hydrogens is 344 g/mol. The van der Waals surface area contributed by atoms with Gasteiger partial charge in [-0.2, -0.15) is 0 Å². The highest BCUT2D eigenvalue weighted by Crippen LogP contribution is 2.20. The first kappa shape index (κ1) is 19.0. The summed E-state index contributed by atoms with van der Waals surface area (Å²) in [4.78, 5) is 28.4. The second kappa shape index (κ2) is 8.29. The number of amides is 2. The molecule has 2 aromatic rings. The van der Waals surface area contributed by atoms with Gasteiger partial charge in [0.15, 0.2) is 11.9 Å². The van der Waals surface area contributed by atoms with Crippen molar-refractivity contribution in [2.75, 3.05) is 26.2 Å². The molecule has 144 valence electrons. The molecule has 1 saturated heterocycles. The molecule has 2 heterocycles. The van der Waals surface area contributed by atoms with Gasteiger partial charge in [-0.25, -0.2) is 0 Å². The van der Waals surface area contributed by atoms with Crippen LogP contribution in [0.5, 0.6) is 5.75 Å². The maximum Gasteiger partial charge on any atom is 0.289 e. The van der Waals surface area contributed by atoms with Crippen LogP contribution in [0.1, 0.15) is 42.8 Å². The zero-order chi connectivity index (χ0) is 19.4. The maximum absolute atomic E-state index is 12.7. The van der Waals surface area contributed by atoms with E-state index in [1.165, 1.54) is 11.8 Å². The van der Waals surface area contributed by atoms with E-state index in [1.807, 2.05) is 24.3 Å². The fraction of sp³-hybridized carbons (Fsp3) is 0.429. The molecule has 0 saturated carbocycles. The van der Waals surface area contributed by atoms with Crippen LogP contribution in [0.15, 0.2) is 47.1 Å². The Kier molecular flexibility index (Phi) is 5.84. The van der Waals surface area contributed by atoms with Gasteiger partial charge in [-0.05, 0) is 42.7 Å². The molecule has 0 bridgehead atoms. The molecule has 3 rings (SSSR count). The van der Waals surface area contributed by atoms with Crippen molar-refractivity contribution in [1.29, 1.82) is 0 Å². The fourth-order valence-electron chi connectivity index (χ4n) is 3.13. The zero-order valence-corrected chi connectivity index (χ0v) is 16.1. The zero-order valence-electron chi connectivity index (χ0n) is 16.1. The van der Waals surface area contributed by atoms with Crippen molar-refractivity contribution in [3.63, 3.8) is 0 Å². The molecule has 0 spiro atoms. The Bertz CT molecular complexity index is 760. The topological polar surface area (TPSA) is 63.0 Å². The van der Waals surface area contributed by atoms with Crippen molar-refractivity contribution in [2.24, 2.45) is 0 Å². The van der Waals surface area contributed by atoms with E-state index in [9.17, 15) is 9.59 Å². The number of hydrogen-bond donors (Lipinski definition) is 0. The number of rotatable bonds is 5. The van der Waals surface area contributed by atoms with Gasteiger partial charge in [0.1, 0.15) is 5.75 Å². The summed E-state index contributed by atoms with van der Waals surface area (Å²) in [5.74, 6) is 1.27. The van der Waals surface area contributed by atoms with E-state index in [0.717, 1.165) is 0 Å². The SMILES string of the molecule is CC(Oc1ccc(C(C)C)cc1)C(=O)N1CCN(C(=O)c2ccco2)CC1. The van der Waals surface area contributed by atoms with E-state index in [4.69, 9.17) is 9.15 Å². The van der Waals surface area contributed by atoms with Crippen molar-refractivity contribution in [1.82, 2.24) is 9.80 Å². The molecule has 1 unspecified atom stereocenters. The van der Waals surface area contributed by atoms with E-state index in [1.54, 1.807) is 28.9 Å². The summed E-state index contributed by atoms with van der Waals surface area (Å²) in [7, 11) is 0. The first-order chi connectivity index (χ1) is 13.0. The molecule has 1 aromatic heterocycles. The summed E-state index contributed by atoms with van der Waals surface area (Å²) in [6, 6.07) is 11.2. The Morgan fingerprint density at radius 1 is 0.963 bits per heavy atom. The van der Waals surface area contributed by atoms with Crippen molar-refractivity contribution in [2.45, 2.75) is 32.8 Å². The Morgan fingerprint density at radius 3 is 2.15 bits per heavy atom. The van der Waals surface area contributed by atoms with Crippen LogP contribution in [-0.2, 0) is 4.79 Å². The second-order valence-electron chi connectivity index (χ2n) is 7.08. The van der Waals surface area contributed by atoms with Crippen molar-refractivity contribution in [3.8, 4) is 5.75 Å². The third-order valence-electron chi connectivity index (χ3n) is 4.82. The molecule has 0 aliphatic carbocycles. The molecule has 1 aliphatic rings. The van der Waals surface area contributed by atoms with E-state index < -0.39 is 6.10 Å². The third kappa shape index (κ3) is 4.51. The average Bonchev–Trinajstić information content (AvgIpc) is 3.22. The molecule has 1 aliphatic heterocycles. The summed E-state index contributed by atoms with van der Waals surface area (Å²) in [6.07, 6.45) is 0.918. The Balaban J connectivity index is 1.51. The summed E-state index contributed by atoms with van der Waals surface area (Å²) < 4.78 is 11.0. The van der Waals surface area contributed by atoms with Crippen molar-refractivity contribution in [3.05, 3.63) is 54.0 Å². The number of carbonyl (C=O) groups excluding carboxylic acids is 2. The van der Waals surface area contributed by atoms with Crippen LogP contribution < -0.4 is 4.74 Å². The summed E-state index contributed by atoms with van der Waals surface area (Å²) in [5.41, 5.74) is 1.23. The second-order valence-corrected chi connectivity index (χ2v) is 7.08. The van der Waals surface area contributed by atoms with Crippen LogP contribution >= 0.6 is 0 Å². The normalized spacial score (nSPS) is 15.7. The molecule has 0 radical (unpaired) electrons. The molecule has 6 nitrogen and oxygen atoms in total. The van der Waals surface area contributed by atoms with E-state index >= 15 is 0 Å². The third-order valence-corrected chi connectivity index (χ3v) is 4.82. The quantitative estimate of drug-likeness (QED) is 0.811. The predicted molar refractivity (Wildman–Crippen MR) is 102 cm³/mol. The predicted octanol–water partition coefficient (Wildman–Crippen LogP) is 3.15. The van der Waals surface area contributed by atoms with Crippen LogP contribution in [-0.4, -0.2) is 53.9 Å². The van der Waals surface area contributed by atoms with Crippen molar-refractivity contribution < 1.29 is 18.7 Å². The molecule has 6 heteroatoms. The summed E-state index contributed by atoms with van der Waals surface area (Å²) >= 11 is 0. The first-order valence-electron chi connectivity index (χ1n) is 9.34. The highest BCUT2D eigenvalue weighted by Gasteiger charge is 2.29. The number of piperazine rings is 1. The van der Waals surface area contributed by atoms with Crippen molar-refractivity contribution >= 4 is 11.8 Å². The van der Waals surface area contributed by atoms with E-state index in [-0.39, 0.29) is 11.8 Å². The van der Waals surface area contributed by atoms with Gasteiger partial charge in [-0.15, -0.1) is 0 Å². The van der Waals surface area contributed by atoms with Crippen LogP contribution in [0.25, 0.3) is 0 Å². The van der Waals surface area contributed by atoms with Gasteiger partial charge in [0.2, 0.25) is 0 Å². The van der Waals surface area contributed by atoms with Crippen LogP contribution in [0.3, 0.4) is 0 Å². The summed E-state index contributed by atoms with van der Waals surface area (Å²) in [6.45, 7) is 7.99. The molecule has 27 heavy (non-hydrogen) atoms. The maximum atomic E-state index is 12.7. The molecule has 1 atom stereocenters. The van der Waals surface area contributed by atoms with Gasteiger partial charge in [-0.1, -0.05) is 26.0 Å². The first-order valence-corrected chi connectivity index (χ1v) is 9.34. The number of furan rings is 1. The van der Waals surface area contributed by atoms with Gasteiger partial charge >= 0.3 is 0 Å². The largest absolute Gasteiger partial charge is 0.481 e. The number of ether oxygens (including phenoxy) is 1. The van der Waals surface area contributed by atoms with E-state index in [2.05, 4.69) is 13.8 Å². The van der Waals surface area contributed by atoms with Crippen LogP contribution in [0, 0.1) is 0 Å². The van der Waals surface area contributed by atoms with E-state index in [0.29, 0.717) is 43.6 Å². The Labute approximate surface area is 159 Å². The minimum atomic E-state index is -0.567. The standard InChI is InChI=1S/C21H26N2O4/c1-15(2)17-6-8-18(9-7-17)27-16(3)20(24)22-10-12-23(13-11-22)21(25)19-5-4-14-26-19/h4-9,14-16H,10-13H2,1-3H3. The monoisotopic (exact) mass is 370 g/mol. The minimum Gasteiger partial charge on any atom is -0.481 e. The number of hydrogen-bond acceptors (Lipinski definition) is 4. The molecule has 1 fully saturated rings. The average molecular weight is 370 g/mol. The van der Waals surface area contributed by atoms with Gasteiger partial charge in [0, 0.05) is 26.2 Å². The fourth-order valence-corrected chi connectivity index (χ4v) is 3.13. The lowest BCUT2D eigenvalue weighted by Crippen LogP contribution is -2.53. The number of benzene rings is 1. The molecular formula is C21H26N2O4. The highest BCUT2D eigenvalue weighted by atomic mass is 16.5. The van der Waals surface area contributed by atoms with Crippen LogP contribution in [0.2, 0.25) is 0 Å². The lowest BCUT2D eigenvalue weighted by atomic mass is 10.0. The number of nitrogens with zero attached hydrogens (tertiary/aromatic N) is 2. The Hall–Kier alpha value is -2.76. The Morgan fingerprint density at radius 2 is 1.59 bits per heavy atom. The number of carbonyl (C=O) groups is 2.